The minimum atomic E-state index is 0.207. The number of carbonyl (C=O) groups excluding carboxylic acids is 1. The smallest absolute Gasteiger partial charge is 0.226 e. The van der Waals surface area contributed by atoms with Crippen molar-refractivity contribution in [2.75, 3.05) is 13.6 Å². The van der Waals surface area contributed by atoms with E-state index in [2.05, 4.69) is 32.0 Å². The molecule has 0 heterocycles. The highest BCUT2D eigenvalue weighted by molar-refractivity contribution is 5.79. The molecule has 1 saturated carbocycles. The van der Waals surface area contributed by atoms with Gasteiger partial charge in [0.2, 0.25) is 5.91 Å². The quantitative estimate of drug-likeness (QED) is 0.916. The number of benzene rings is 1. The van der Waals surface area contributed by atoms with Crippen LogP contribution in [0.25, 0.3) is 0 Å². The number of likely N-dealkylation sites (N-methyl/N-ethyl adjacent to an activating group) is 1. The summed E-state index contributed by atoms with van der Waals surface area (Å²) in [5, 5.41) is 0. The Morgan fingerprint density at radius 1 is 1.30 bits per heavy atom. The molecule has 0 spiro atoms. The molecule has 1 fully saturated rings. The van der Waals surface area contributed by atoms with Crippen LogP contribution in [0.3, 0.4) is 0 Å². The van der Waals surface area contributed by atoms with Gasteiger partial charge in [-0.15, -0.1) is 0 Å². The van der Waals surface area contributed by atoms with Crippen molar-refractivity contribution in [1.82, 2.24) is 4.90 Å². The fraction of sp³-hybridized carbons (Fsp3) is 0.588. The second-order valence-electron chi connectivity index (χ2n) is 6.09. The first-order valence-electron chi connectivity index (χ1n) is 7.54. The predicted molar refractivity (Wildman–Crippen MR) is 82.6 cm³/mol. The van der Waals surface area contributed by atoms with Gasteiger partial charge in [0.15, 0.2) is 0 Å². The van der Waals surface area contributed by atoms with Crippen LogP contribution in [-0.2, 0) is 11.2 Å². The van der Waals surface area contributed by atoms with E-state index < -0.39 is 0 Å². The molecule has 0 radical (unpaired) electrons. The summed E-state index contributed by atoms with van der Waals surface area (Å²) in [6.45, 7) is 4.87. The Bertz CT molecular complexity index is 484. The van der Waals surface area contributed by atoms with Crippen molar-refractivity contribution < 1.29 is 4.79 Å². The van der Waals surface area contributed by atoms with Crippen LogP contribution in [0, 0.1) is 19.8 Å². The van der Waals surface area contributed by atoms with E-state index in [0.29, 0.717) is 24.9 Å². The van der Waals surface area contributed by atoms with E-state index in [4.69, 9.17) is 5.73 Å². The van der Waals surface area contributed by atoms with Crippen molar-refractivity contribution in [3.8, 4) is 0 Å². The first kappa shape index (κ1) is 15.0. The fourth-order valence-electron chi connectivity index (χ4n) is 3.20. The number of nitrogens with two attached hydrogens (primary N) is 1. The maximum absolute atomic E-state index is 12.4. The zero-order valence-corrected chi connectivity index (χ0v) is 12.9. The summed E-state index contributed by atoms with van der Waals surface area (Å²) in [6.07, 6.45) is 3.93. The summed E-state index contributed by atoms with van der Waals surface area (Å²) >= 11 is 0. The molecule has 1 aromatic carbocycles. The van der Waals surface area contributed by atoms with Gasteiger partial charge in [0.25, 0.3) is 0 Å². The number of hydrogen-bond donors (Lipinski definition) is 1. The Hall–Kier alpha value is -1.35. The molecular formula is C17H26N2O. The molecule has 1 aliphatic rings. The molecule has 3 nitrogen and oxygen atoms in total. The third-order valence-electron chi connectivity index (χ3n) is 4.74. The van der Waals surface area contributed by atoms with Gasteiger partial charge in [-0.3, -0.25) is 4.79 Å². The number of amides is 1. The van der Waals surface area contributed by atoms with E-state index in [0.717, 1.165) is 18.4 Å². The van der Waals surface area contributed by atoms with Gasteiger partial charge in [-0.25, -0.2) is 0 Å². The normalized spacial score (nSPS) is 22.0. The van der Waals surface area contributed by atoms with Crippen molar-refractivity contribution >= 4 is 5.91 Å². The lowest BCUT2D eigenvalue weighted by Crippen LogP contribution is -2.42. The van der Waals surface area contributed by atoms with Gasteiger partial charge >= 0.3 is 0 Å². The number of nitrogens with zero attached hydrogens (tertiary/aromatic N) is 1. The Kier molecular flexibility index (Phi) is 4.81. The van der Waals surface area contributed by atoms with E-state index in [9.17, 15) is 4.79 Å². The highest BCUT2D eigenvalue weighted by Crippen LogP contribution is 2.28. The number of carbonyl (C=O) groups is 1. The lowest BCUT2D eigenvalue weighted by atomic mass is 10.0. The molecule has 1 amide bonds. The minimum absolute atomic E-state index is 0.207. The maximum Gasteiger partial charge on any atom is 0.226 e. The van der Waals surface area contributed by atoms with Crippen LogP contribution in [-0.4, -0.2) is 30.4 Å². The van der Waals surface area contributed by atoms with Gasteiger partial charge < -0.3 is 10.6 Å². The zero-order valence-electron chi connectivity index (χ0n) is 12.9. The molecule has 110 valence electrons. The van der Waals surface area contributed by atoms with E-state index >= 15 is 0 Å². The molecule has 2 rings (SSSR count). The lowest BCUT2D eigenvalue weighted by molar-refractivity contribution is -0.131. The summed E-state index contributed by atoms with van der Waals surface area (Å²) in [5.41, 5.74) is 9.44. The summed E-state index contributed by atoms with van der Waals surface area (Å²) in [4.78, 5) is 14.4. The van der Waals surface area contributed by atoms with E-state index in [1.807, 2.05) is 11.9 Å². The molecular weight excluding hydrogens is 248 g/mol. The first-order valence-corrected chi connectivity index (χ1v) is 7.54. The highest BCUT2D eigenvalue weighted by Gasteiger charge is 2.31. The summed E-state index contributed by atoms with van der Waals surface area (Å²) in [5.74, 6) is 0.683. The summed E-state index contributed by atoms with van der Waals surface area (Å²) < 4.78 is 0. The maximum atomic E-state index is 12.4. The first-order chi connectivity index (χ1) is 9.52. The third kappa shape index (κ3) is 3.21. The van der Waals surface area contributed by atoms with Crippen LogP contribution in [0.1, 0.15) is 36.0 Å². The van der Waals surface area contributed by atoms with Crippen molar-refractivity contribution in [2.45, 2.75) is 45.6 Å². The van der Waals surface area contributed by atoms with Crippen LogP contribution in [0.2, 0.25) is 0 Å². The number of aryl methyl sites for hydroxylation is 2. The van der Waals surface area contributed by atoms with E-state index in [1.165, 1.54) is 17.5 Å². The SMILES string of the molecule is Cc1ccc(CC(=O)N(C)C2CCCC2CN)cc1C. The average Bonchev–Trinajstić information content (AvgIpc) is 2.90. The third-order valence-corrected chi connectivity index (χ3v) is 4.74. The largest absolute Gasteiger partial charge is 0.342 e. The Balaban J connectivity index is 2.02. The summed E-state index contributed by atoms with van der Waals surface area (Å²) in [6, 6.07) is 6.61. The second-order valence-corrected chi connectivity index (χ2v) is 6.09. The molecule has 2 N–H and O–H groups in total. The van der Waals surface area contributed by atoms with Crippen molar-refractivity contribution in [1.29, 1.82) is 0 Å². The van der Waals surface area contributed by atoms with Gasteiger partial charge in [-0.05, 0) is 55.8 Å². The predicted octanol–water partition coefficient (Wildman–Crippen LogP) is 2.43. The van der Waals surface area contributed by atoms with Gasteiger partial charge in [0.05, 0.1) is 6.42 Å². The molecule has 0 bridgehead atoms. The van der Waals surface area contributed by atoms with Crippen molar-refractivity contribution in [3.63, 3.8) is 0 Å². The van der Waals surface area contributed by atoms with Crippen LogP contribution in [0.15, 0.2) is 18.2 Å². The molecule has 0 aromatic heterocycles. The van der Waals surface area contributed by atoms with Crippen molar-refractivity contribution in [2.24, 2.45) is 11.7 Å². The molecule has 1 aromatic rings. The molecule has 1 aliphatic carbocycles. The Morgan fingerprint density at radius 2 is 2.05 bits per heavy atom. The zero-order chi connectivity index (χ0) is 14.7. The highest BCUT2D eigenvalue weighted by atomic mass is 16.2. The molecule has 2 unspecified atom stereocenters. The van der Waals surface area contributed by atoms with E-state index in [-0.39, 0.29) is 5.91 Å². The van der Waals surface area contributed by atoms with Crippen LogP contribution in [0.4, 0.5) is 0 Å². The molecule has 20 heavy (non-hydrogen) atoms. The monoisotopic (exact) mass is 274 g/mol. The second kappa shape index (κ2) is 6.40. The van der Waals surface area contributed by atoms with Crippen LogP contribution in [0.5, 0.6) is 0 Å². The average molecular weight is 274 g/mol. The van der Waals surface area contributed by atoms with Gasteiger partial charge in [0.1, 0.15) is 0 Å². The number of hydrogen-bond acceptors (Lipinski definition) is 2. The van der Waals surface area contributed by atoms with Gasteiger partial charge in [-0.2, -0.15) is 0 Å². The minimum Gasteiger partial charge on any atom is -0.342 e. The molecule has 3 heteroatoms. The van der Waals surface area contributed by atoms with Crippen LogP contribution >= 0.6 is 0 Å². The molecule has 0 saturated heterocycles. The standard InChI is InChI=1S/C17H26N2O/c1-12-7-8-14(9-13(12)2)10-17(20)19(3)16-6-4-5-15(16)11-18/h7-9,15-16H,4-6,10-11,18H2,1-3H3. The lowest BCUT2D eigenvalue weighted by Gasteiger charge is -2.29. The summed E-state index contributed by atoms with van der Waals surface area (Å²) in [7, 11) is 1.93. The Labute approximate surface area is 122 Å². The topological polar surface area (TPSA) is 46.3 Å². The van der Waals surface area contributed by atoms with Gasteiger partial charge in [-0.1, -0.05) is 24.6 Å². The number of rotatable bonds is 4. The Morgan fingerprint density at radius 3 is 2.70 bits per heavy atom. The van der Waals surface area contributed by atoms with Gasteiger partial charge in [0, 0.05) is 13.1 Å². The molecule has 0 aliphatic heterocycles. The van der Waals surface area contributed by atoms with Crippen molar-refractivity contribution in [3.05, 3.63) is 34.9 Å². The van der Waals surface area contributed by atoms with Crippen LogP contribution < -0.4 is 5.73 Å². The molecule has 2 atom stereocenters. The van der Waals surface area contributed by atoms with E-state index in [1.54, 1.807) is 0 Å². The fourth-order valence-corrected chi connectivity index (χ4v) is 3.20.